The van der Waals surface area contributed by atoms with E-state index >= 15 is 0 Å². The molecule has 0 unspecified atom stereocenters. The van der Waals surface area contributed by atoms with Crippen molar-refractivity contribution in [2.45, 2.75) is 20.3 Å². The predicted octanol–water partition coefficient (Wildman–Crippen LogP) is 2.53. The van der Waals surface area contributed by atoms with Gasteiger partial charge in [-0.05, 0) is 24.1 Å². The maximum Gasteiger partial charge on any atom is 0.341 e. The van der Waals surface area contributed by atoms with E-state index in [-0.39, 0.29) is 17.8 Å². The van der Waals surface area contributed by atoms with Crippen LogP contribution in [-0.2, 0) is 14.3 Å². The monoisotopic (exact) mass is 232 g/mol. The summed E-state index contributed by atoms with van der Waals surface area (Å²) < 4.78 is 4.62. The van der Waals surface area contributed by atoms with E-state index < -0.39 is 5.97 Å². The largest absolute Gasteiger partial charge is 0.465 e. The van der Waals surface area contributed by atoms with Gasteiger partial charge in [0.25, 0.3) is 0 Å². The molecule has 0 bridgehead atoms. The highest BCUT2D eigenvalue weighted by atomic mass is 16.5. The fraction of sp³-hybridized carbons (Fsp3) is 0.286. The molecule has 1 rings (SSSR count). The minimum atomic E-state index is -0.583. The van der Waals surface area contributed by atoms with Crippen LogP contribution in [0.2, 0.25) is 0 Å². The first-order valence-corrected chi connectivity index (χ1v) is 5.49. The zero-order valence-electron chi connectivity index (χ0n) is 10.3. The minimum Gasteiger partial charge on any atom is -0.465 e. The Morgan fingerprint density at radius 2 is 1.94 bits per heavy atom. The Morgan fingerprint density at radius 1 is 1.29 bits per heavy atom. The topological polar surface area (TPSA) is 43.4 Å². The predicted molar refractivity (Wildman–Crippen MR) is 66.5 cm³/mol. The second-order valence-electron chi connectivity index (χ2n) is 3.68. The summed E-state index contributed by atoms with van der Waals surface area (Å²) >= 11 is 0. The van der Waals surface area contributed by atoms with E-state index in [2.05, 4.69) is 4.74 Å². The van der Waals surface area contributed by atoms with Crippen molar-refractivity contribution in [1.29, 1.82) is 0 Å². The lowest BCUT2D eigenvalue weighted by molar-refractivity contribution is -0.137. The lowest BCUT2D eigenvalue weighted by Crippen LogP contribution is -2.13. The van der Waals surface area contributed by atoms with Crippen LogP contribution in [0.1, 0.15) is 24.5 Å². The van der Waals surface area contributed by atoms with Gasteiger partial charge < -0.3 is 4.74 Å². The summed E-state index contributed by atoms with van der Waals surface area (Å²) in [5.74, 6) is -0.791. The van der Waals surface area contributed by atoms with E-state index in [0.29, 0.717) is 0 Å². The van der Waals surface area contributed by atoms with Gasteiger partial charge in [0.05, 0.1) is 7.11 Å². The summed E-state index contributed by atoms with van der Waals surface area (Å²) in [6, 6.07) is 7.56. The molecule has 0 saturated carbocycles. The summed E-state index contributed by atoms with van der Waals surface area (Å²) in [7, 11) is 1.27. The molecule has 0 aromatic heterocycles. The van der Waals surface area contributed by atoms with Gasteiger partial charge in [-0.2, -0.15) is 0 Å². The molecule has 0 atom stereocenters. The number of hydrogen-bond acceptors (Lipinski definition) is 3. The highest BCUT2D eigenvalue weighted by Gasteiger charge is 2.17. The van der Waals surface area contributed by atoms with Gasteiger partial charge in [0.2, 0.25) is 0 Å². The maximum atomic E-state index is 11.7. The second kappa shape index (κ2) is 5.99. The fourth-order valence-corrected chi connectivity index (χ4v) is 1.46. The molecule has 3 heteroatoms. The lowest BCUT2D eigenvalue weighted by atomic mass is 10.0. The molecule has 0 radical (unpaired) electrons. The first-order chi connectivity index (χ1) is 8.10. The summed E-state index contributed by atoms with van der Waals surface area (Å²) in [4.78, 5) is 23.2. The van der Waals surface area contributed by atoms with Gasteiger partial charge in [0.1, 0.15) is 5.57 Å². The molecule has 0 aliphatic heterocycles. The van der Waals surface area contributed by atoms with E-state index in [1.54, 1.807) is 13.0 Å². The average Bonchev–Trinajstić information content (AvgIpc) is 2.36. The molecule has 0 spiro atoms. The molecule has 0 aliphatic rings. The van der Waals surface area contributed by atoms with Crippen LogP contribution in [0.3, 0.4) is 0 Å². The van der Waals surface area contributed by atoms with Crippen molar-refractivity contribution in [2.75, 3.05) is 7.11 Å². The van der Waals surface area contributed by atoms with E-state index in [0.717, 1.165) is 11.1 Å². The number of carbonyl (C=O) groups is 2. The number of rotatable bonds is 4. The molecule has 1 aromatic rings. The van der Waals surface area contributed by atoms with Crippen molar-refractivity contribution in [2.24, 2.45) is 0 Å². The smallest absolute Gasteiger partial charge is 0.341 e. The van der Waals surface area contributed by atoms with Crippen LogP contribution in [0.5, 0.6) is 0 Å². The van der Waals surface area contributed by atoms with Crippen LogP contribution in [0, 0.1) is 6.92 Å². The number of carbonyl (C=O) groups excluding carboxylic acids is 2. The van der Waals surface area contributed by atoms with Crippen molar-refractivity contribution in [3.05, 3.63) is 41.0 Å². The van der Waals surface area contributed by atoms with Crippen LogP contribution >= 0.6 is 0 Å². The zero-order chi connectivity index (χ0) is 12.8. The highest BCUT2D eigenvalue weighted by Crippen LogP contribution is 2.14. The molecule has 90 valence electrons. The number of ketones is 1. The molecule has 17 heavy (non-hydrogen) atoms. The molecule has 0 heterocycles. The van der Waals surface area contributed by atoms with Gasteiger partial charge in [0.15, 0.2) is 5.78 Å². The molecule has 3 nitrogen and oxygen atoms in total. The third-order valence-corrected chi connectivity index (χ3v) is 2.52. The first kappa shape index (κ1) is 13.2. The van der Waals surface area contributed by atoms with E-state index in [1.165, 1.54) is 7.11 Å². The van der Waals surface area contributed by atoms with Gasteiger partial charge >= 0.3 is 5.97 Å². The lowest BCUT2D eigenvalue weighted by Gasteiger charge is -2.05. The Morgan fingerprint density at radius 3 is 2.47 bits per heavy atom. The minimum absolute atomic E-state index is 0.101. The van der Waals surface area contributed by atoms with Gasteiger partial charge in [-0.1, -0.05) is 31.2 Å². The number of benzene rings is 1. The molecule has 0 aliphatic carbocycles. The number of hydrogen-bond donors (Lipinski definition) is 0. The normalized spacial score (nSPS) is 11.1. The highest BCUT2D eigenvalue weighted by molar-refractivity contribution is 6.20. The quantitative estimate of drug-likeness (QED) is 0.347. The van der Waals surface area contributed by atoms with Gasteiger partial charge in [-0.3, -0.25) is 4.79 Å². The molecule has 0 saturated heterocycles. The Balaban J connectivity index is 3.19. The summed E-state index contributed by atoms with van der Waals surface area (Å²) in [5.41, 5.74) is 1.97. The van der Waals surface area contributed by atoms with Crippen molar-refractivity contribution in [1.82, 2.24) is 0 Å². The Bertz CT molecular complexity index is 440. The third kappa shape index (κ3) is 3.28. The molecule has 0 amide bonds. The van der Waals surface area contributed by atoms with E-state index in [4.69, 9.17) is 0 Å². The Labute approximate surface area is 101 Å². The van der Waals surface area contributed by atoms with Crippen LogP contribution in [-0.4, -0.2) is 18.9 Å². The number of aryl methyl sites for hydroxylation is 1. The summed E-state index contributed by atoms with van der Waals surface area (Å²) in [5, 5.41) is 0. The fourth-order valence-electron chi connectivity index (χ4n) is 1.46. The van der Waals surface area contributed by atoms with E-state index in [9.17, 15) is 9.59 Å². The van der Waals surface area contributed by atoms with Crippen molar-refractivity contribution >= 4 is 17.8 Å². The van der Waals surface area contributed by atoms with Crippen LogP contribution in [0.15, 0.2) is 29.8 Å². The summed E-state index contributed by atoms with van der Waals surface area (Å²) in [6.45, 7) is 3.65. The molecule has 0 fully saturated rings. The Kier molecular flexibility index (Phi) is 4.64. The second-order valence-corrected chi connectivity index (χ2v) is 3.68. The molecule has 0 N–H and O–H groups in total. The standard InChI is InChI=1S/C14H16O3/c1-4-13(15)12(14(16)17-3)9-11-8-6-5-7-10(11)2/h5-9H,4H2,1-3H3/b12-9+. The molecule has 1 aromatic carbocycles. The molecular weight excluding hydrogens is 216 g/mol. The zero-order valence-corrected chi connectivity index (χ0v) is 10.3. The van der Waals surface area contributed by atoms with Crippen LogP contribution in [0.4, 0.5) is 0 Å². The third-order valence-electron chi connectivity index (χ3n) is 2.52. The number of esters is 1. The SMILES string of the molecule is CCC(=O)/C(=C\c1ccccc1C)C(=O)OC. The van der Waals surface area contributed by atoms with Crippen LogP contribution in [0.25, 0.3) is 6.08 Å². The van der Waals surface area contributed by atoms with Gasteiger partial charge in [-0.15, -0.1) is 0 Å². The van der Waals surface area contributed by atoms with Crippen LogP contribution < -0.4 is 0 Å². The van der Waals surface area contributed by atoms with Crippen molar-refractivity contribution in [3.8, 4) is 0 Å². The van der Waals surface area contributed by atoms with E-state index in [1.807, 2.05) is 31.2 Å². The number of ether oxygens (including phenoxy) is 1. The Hall–Kier alpha value is -1.90. The number of Topliss-reactive ketones (excluding diaryl/α,β-unsaturated/α-hetero) is 1. The van der Waals surface area contributed by atoms with Gasteiger partial charge in [0, 0.05) is 6.42 Å². The number of methoxy groups -OCH3 is 1. The first-order valence-electron chi connectivity index (χ1n) is 5.49. The van der Waals surface area contributed by atoms with Crippen molar-refractivity contribution < 1.29 is 14.3 Å². The maximum absolute atomic E-state index is 11.7. The summed E-state index contributed by atoms with van der Waals surface area (Å²) in [6.07, 6.45) is 1.87. The molecular formula is C14H16O3. The average molecular weight is 232 g/mol. The van der Waals surface area contributed by atoms with Crippen molar-refractivity contribution in [3.63, 3.8) is 0 Å². The van der Waals surface area contributed by atoms with Gasteiger partial charge in [-0.25, -0.2) is 4.79 Å².